The van der Waals surface area contributed by atoms with Gasteiger partial charge in [-0.15, -0.1) is 11.3 Å². The maximum absolute atomic E-state index is 9.12. The lowest BCUT2D eigenvalue weighted by Crippen LogP contribution is -2.20. The molecule has 0 aliphatic rings. The third kappa shape index (κ3) is 3.93. The Balaban J connectivity index is 2.40. The van der Waals surface area contributed by atoms with E-state index in [1.54, 1.807) is 6.92 Å². The Kier molecular flexibility index (Phi) is 3.96. The molecule has 0 saturated carbocycles. The zero-order chi connectivity index (χ0) is 9.84. The summed E-state index contributed by atoms with van der Waals surface area (Å²) in [4.78, 5) is 4.05. The maximum atomic E-state index is 9.12. The van der Waals surface area contributed by atoms with Crippen LogP contribution >= 0.6 is 22.9 Å². The molecule has 74 valence electrons. The number of thiazole rings is 1. The molecule has 2 unspecified atom stereocenters. The fraction of sp³-hybridized carbons (Fsp3) is 0.625. The summed E-state index contributed by atoms with van der Waals surface area (Å²) in [5.74, 6) is 0.781. The van der Waals surface area contributed by atoms with Crippen molar-refractivity contribution in [3.05, 3.63) is 9.85 Å². The van der Waals surface area contributed by atoms with Crippen LogP contribution in [0.4, 0.5) is 5.82 Å². The lowest BCUT2D eigenvalue weighted by atomic mass is 10.1. The highest BCUT2D eigenvalue weighted by Crippen LogP contribution is 2.19. The van der Waals surface area contributed by atoms with Crippen LogP contribution in [0.15, 0.2) is 5.38 Å². The number of halogens is 1. The van der Waals surface area contributed by atoms with Crippen LogP contribution in [0, 0.1) is 0 Å². The lowest BCUT2D eigenvalue weighted by molar-refractivity contribution is 0.179. The van der Waals surface area contributed by atoms with Gasteiger partial charge in [-0.1, -0.05) is 11.6 Å². The quantitative estimate of drug-likeness (QED) is 0.819. The fourth-order valence-corrected chi connectivity index (χ4v) is 1.85. The van der Waals surface area contributed by atoms with Crippen molar-refractivity contribution in [2.75, 3.05) is 5.32 Å². The molecule has 0 bridgehead atoms. The summed E-state index contributed by atoms with van der Waals surface area (Å²) in [7, 11) is 0. The third-order valence-electron chi connectivity index (χ3n) is 1.57. The van der Waals surface area contributed by atoms with Gasteiger partial charge in [0.25, 0.3) is 0 Å². The van der Waals surface area contributed by atoms with E-state index in [2.05, 4.69) is 10.3 Å². The molecule has 0 radical (unpaired) electrons. The highest BCUT2D eigenvalue weighted by molar-refractivity contribution is 7.14. The van der Waals surface area contributed by atoms with Crippen LogP contribution in [0.3, 0.4) is 0 Å². The number of nitrogens with zero attached hydrogens (tertiary/aromatic N) is 1. The van der Waals surface area contributed by atoms with E-state index in [-0.39, 0.29) is 12.1 Å². The minimum Gasteiger partial charge on any atom is -0.393 e. The molecule has 0 aliphatic heterocycles. The van der Waals surface area contributed by atoms with Gasteiger partial charge in [0.15, 0.2) is 4.47 Å². The molecule has 2 atom stereocenters. The van der Waals surface area contributed by atoms with Crippen molar-refractivity contribution in [3.63, 3.8) is 0 Å². The van der Waals surface area contributed by atoms with Gasteiger partial charge in [-0.25, -0.2) is 4.98 Å². The smallest absolute Gasteiger partial charge is 0.185 e. The first-order valence-corrected chi connectivity index (χ1v) is 5.39. The van der Waals surface area contributed by atoms with Crippen LogP contribution in [-0.4, -0.2) is 22.2 Å². The topological polar surface area (TPSA) is 45.1 Å². The minimum absolute atomic E-state index is 0.207. The van der Waals surface area contributed by atoms with Gasteiger partial charge in [0, 0.05) is 11.4 Å². The predicted octanol–water partition coefficient (Wildman–Crippen LogP) is 2.37. The SMILES string of the molecule is CC(O)CC(C)Nc1csc(Cl)n1. The van der Waals surface area contributed by atoms with Crippen molar-refractivity contribution >= 4 is 28.8 Å². The molecule has 1 rings (SSSR count). The third-order valence-corrected chi connectivity index (χ3v) is 2.54. The summed E-state index contributed by atoms with van der Waals surface area (Å²) in [6.07, 6.45) is 0.409. The van der Waals surface area contributed by atoms with Gasteiger partial charge in [-0.3, -0.25) is 0 Å². The van der Waals surface area contributed by atoms with E-state index in [4.69, 9.17) is 16.7 Å². The molecule has 3 nitrogen and oxygen atoms in total. The number of aliphatic hydroxyl groups is 1. The number of anilines is 1. The molecule has 5 heteroatoms. The first-order valence-electron chi connectivity index (χ1n) is 4.13. The Labute approximate surface area is 86.8 Å². The second kappa shape index (κ2) is 4.79. The van der Waals surface area contributed by atoms with Crippen molar-refractivity contribution in [1.29, 1.82) is 0 Å². The Bertz CT molecular complexity index is 264. The van der Waals surface area contributed by atoms with E-state index in [9.17, 15) is 0 Å². The number of aromatic nitrogens is 1. The Morgan fingerprint density at radius 3 is 2.85 bits per heavy atom. The summed E-state index contributed by atoms with van der Waals surface area (Å²) in [6, 6.07) is 0.207. The molecule has 0 saturated heterocycles. The van der Waals surface area contributed by atoms with Gasteiger partial charge in [0.2, 0.25) is 0 Å². The average molecular weight is 221 g/mol. The summed E-state index contributed by atoms with van der Waals surface area (Å²) >= 11 is 7.06. The van der Waals surface area contributed by atoms with Gasteiger partial charge in [-0.05, 0) is 20.3 Å². The van der Waals surface area contributed by atoms with Crippen molar-refractivity contribution < 1.29 is 5.11 Å². The number of nitrogens with one attached hydrogen (secondary N) is 1. The molecule has 1 heterocycles. The average Bonchev–Trinajstić information content (AvgIpc) is 2.33. The molecule has 0 amide bonds. The molecular formula is C8H13ClN2OS. The van der Waals surface area contributed by atoms with E-state index >= 15 is 0 Å². The zero-order valence-electron chi connectivity index (χ0n) is 7.62. The Morgan fingerprint density at radius 2 is 2.38 bits per heavy atom. The van der Waals surface area contributed by atoms with Crippen molar-refractivity contribution in [1.82, 2.24) is 4.98 Å². The van der Waals surface area contributed by atoms with E-state index in [1.807, 2.05) is 12.3 Å². The van der Waals surface area contributed by atoms with Crippen LogP contribution < -0.4 is 5.32 Å². The second-order valence-corrected chi connectivity index (χ2v) is 4.56. The molecule has 13 heavy (non-hydrogen) atoms. The summed E-state index contributed by atoms with van der Waals surface area (Å²) in [6.45, 7) is 3.77. The van der Waals surface area contributed by atoms with Crippen LogP contribution in [-0.2, 0) is 0 Å². The van der Waals surface area contributed by atoms with Gasteiger partial charge in [0.1, 0.15) is 5.82 Å². The van der Waals surface area contributed by atoms with Gasteiger partial charge < -0.3 is 10.4 Å². The fourth-order valence-electron chi connectivity index (χ4n) is 1.14. The number of rotatable bonds is 4. The van der Waals surface area contributed by atoms with Crippen LogP contribution in [0.2, 0.25) is 4.47 Å². The van der Waals surface area contributed by atoms with Gasteiger partial charge in [0.05, 0.1) is 6.10 Å². The molecule has 1 aromatic rings. The molecule has 0 aromatic carbocycles. The molecular weight excluding hydrogens is 208 g/mol. The zero-order valence-corrected chi connectivity index (χ0v) is 9.19. The highest BCUT2D eigenvalue weighted by Gasteiger charge is 2.07. The summed E-state index contributed by atoms with van der Waals surface area (Å²) < 4.78 is 0.534. The minimum atomic E-state index is -0.295. The van der Waals surface area contributed by atoms with Crippen LogP contribution in [0.1, 0.15) is 20.3 Å². The van der Waals surface area contributed by atoms with Crippen molar-refractivity contribution in [2.45, 2.75) is 32.4 Å². The predicted molar refractivity (Wildman–Crippen MR) is 56.5 cm³/mol. The molecule has 0 aliphatic carbocycles. The maximum Gasteiger partial charge on any atom is 0.185 e. The highest BCUT2D eigenvalue weighted by atomic mass is 35.5. The van der Waals surface area contributed by atoms with Crippen LogP contribution in [0.25, 0.3) is 0 Å². The monoisotopic (exact) mass is 220 g/mol. The van der Waals surface area contributed by atoms with Crippen LogP contribution in [0.5, 0.6) is 0 Å². The van der Waals surface area contributed by atoms with E-state index in [1.165, 1.54) is 11.3 Å². The van der Waals surface area contributed by atoms with E-state index in [0.717, 1.165) is 5.82 Å². The van der Waals surface area contributed by atoms with E-state index < -0.39 is 0 Å². The summed E-state index contributed by atoms with van der Waals surface area (Å²) in [5.41, 5.74) is 0. The lowest BCUT2D eigenvalue weighted by Gasteiger charge is -2.14. The summed E-state index contributed by atoms with van der Waals surface area (Å²) in [5, 5.41) is 14.1. The molecule has 2 N–H and O–H groups in total. The van der Waals surface area contributed by atoms with E-state index in [0.29, 0.717) is 10.9 Å². The number of hydrogen-bond donors (Lipinski definition) is 2. The number of hydrogen-bond acceptors (Lipinski definition) is 4. The Morgan fingerprint density at radius 1 is 1.69 bits per heavy atom. The Hall–Kier alpha value is -0.320. The molecule has 0 fully saturated rings. The van der Waals surface area contributed by atoms with Crippen molar-refractivity contribution in [2.24, 2.45) is 0 Å². The molecule has 1 aromatic heterocycles. The first kappa shape index (κ1) is 10.8. The molecule has 0 spiro atoms. The van der Waals surface area contributed by atoms with Gasteiger partial charge >= 0.3 is 0 Å². The largest absolute Gasteiger partial charge is 0.393 e. The van der Waals surface area contributed by atoms with Gasteiger partial charge in [-0.2, -0.15) is 0 Å². The normalized spacial score (nSPS) is 15.4. The standard InChI is InChI=1S/C8H13ClN2OS/c1-5(3-6(2)12)10-7-4-13-8(9)11-7/h4-6,10,12H,3H2,1-2H3. The second-order valence-electron chi connectivity index (χ2n) is 3.12. The van der Waals surface area contributed by atoms with Crippen molar-refractivity contribution in [3.8, 4) is 0 Å². The number of aliphatic hydroxyl groups excluding tert-OH is 1. The first-order chi connectivity index (χ1) is 6.08.